The van der Waals surface area contributed by atoms with E-state index >= 15 is 0 Å². The van der Waals surface area contributed by atoms with E-state index < -0.39 is 0 Å². The van der Waals surface area contributed by atoms with Crippen molar-refractivity contribution in [2.24, 2.45) is 5.92 Å². The summed E-state index contributed by atoms with van der Waals surface area (Å²) in [5, 5.41) is 0. The first-order valence-corrected chi connectivity index (χ1v) is 7.58. The summed E-state index contributed by atoms with van der Waals surface area (Å²) >= 11 is 0. The van der Waals surface area contributed by atoms with Crippen molar-refractivity contribution in [1.82, 2.24) is 0 Å². The van der Waals surface area contributed by atoms with Gasteiger partial charge in [-0.15, -0.1) is 0 Å². The van der Waals surface area contributed by atoms with Crippen molar-refractivity contribution in [2.75, 3.05) is 4.90 Å². The monoisotopic (exact) mass is 293 g/mol. The first-order valence-electron chi connectivity index (χ1n) is 7.58. The molecule has 22 heavy (non-hydrogen) atoms. The van der Waals surface area contributed by atoms with Gasteiger partial charge in [-0.2, -0.15) is 0 Å². The van der Waals surface area contributed by atoms with E-state index in [2.05, 4.69) is 11.0 Å². The molecular formula is C19H16FNO. The molecule has 2 aromatic rings. The van der Waals surface area contributed by atoms with Gasteiger partial charge in [0.25, 0.3) is 0 Å². The minimum absolute atomic E-state index is 0.0536. The number of fused-ring (bicyclic) bond motifs is 1. The summed E-state index contributed by atoms with van der Waals surface area (Å²) in [5.41, 5.74) is 3.85. The Balaban J connectivity index is 1.89. The van der Waals surface area contributed by atoms with E-state index in [4.69, 9.17) is 0 Å². The Labute approximate surface area is 128 Å². The Morgan fingerprint density at radius 1 is 1.05 bits per heavy atom. The van der Waals surface area contributed by atoms with Gasteiger partial charge in [-0.05, 0) is 60.7 Å². The molecule has 0 amide bonds. The van der Waals surface area contributed by atoms with Crippen molar-refractivity contribution in [1.29, 1.82) is 0 Å². The average molecular weight is 293 g/mol. The first kappa shape index (κ1) is 13.3. The second-order valence-electron chi connectivity index (χ2n) is 5.95. The quantitative estimate of drug-likeness (QED) is 0.785. The summed E-state index contributed by atoms with van der Waals surface area (Å²) in [6.07, 6.45) is 5.23. The molecule has 3 heteroatoms. The van der Waals surface area contributed by atoms with Crippen LogP contribution >= 0.6 is 0 Å². The third-order valence-corrected chi connectivity index (χ3v) is 4.45. The molecule has 0 N–H and O–H groups in total. The molecule has 0 saturated heterocycles. The van der Waals surface area contributed by atoms with Crippen LogP contribution in [0.2, 0.25) is 0 Å². The van der Waals surface area contributed by atoms with E-state index in [1.54, 1.807) is 12.1 Å². The summed E-state index contributed by atoms with van der Waals surface area (Å²) in [6, 6.07) is 14.6. The highest BCUT2D eigenvalue weighted by molar-refractivity contribution is 5.92. The largest absolute Gasteiger partial charge is 0.333 e. The molecular weight excluding hydrogens is 277 g/mol. The molecule has 0 bridgehead atoms. The van der Waals surface area contributed by atoms with Gasteiger partial charge in [0.2, 0.25) is 0 Å². The summed E-state index contributed by atoms with van der Waals surface area (Å²) in [5.74, 6) is 0.248. The molecule has 1 atom stereocenters. The van der Waals surface area contributed by atoms with Crippen molar-refractivity contribution < 1.29 is 9.18 Å². The number of nitrogens with zero attached hydrogens (tertiary/aromatic N) is 1. The van der Waals surface area contributed by atoms with Crippen LogP contribution in [0.1, 0.15) is 18.4 Å². The van der Waals surface area contributed by atoms with Gasteiger partial charge >= 0.3 is 0 Å². The van der Waals surface area contributed by atoms with E-state index in [-0.39, 0.29) is 11.9 Å². The second-order valence-corrected chi connectivity index (χ2v) is 5.95. The predicted molar refractivity (Wildman–Crippen MR) is 85.5 cm³/mol. The molecule has 0 spiro atoms. The smallest absolute Gasteiger partial charge is 0.148 e. The number of rotatable bonds is 3. The topological polar surface area (TPSA) is 20.3 Å². The Morgan fingerprint density at radius 2 is 1.77 bits per heavy atom. The minimum Gasteiger partial charge on any atom is -0.333 e. The number of hydrogen-bond donors (Lipinski definition) is 0. The number of hydrogen-bond acceptors (Lipinski definition) is 2. The highest BCUT2D eigenvalue weighted by Crippen LogP contribution is 2.47. The van der Waals surface area contributed by atoms with Crippen molar-refractivity contribution in [2.45, 2.75) is 18.9 Å². The molecule has 110 valence electrons. The number of halogens is 1. The minimum atomic E-state index is -0.247. The third-order valence-electron chi connectivity index (χ3n) is 4.45. The Kier molecular flexibility index (Phi) is 3.07. The van der Waals surface area contributed by atoms with Crippen LogP contribution in [0.4, 0.5) is 15.8 Å². The zero-order valence-electron chi connectivity index (χ0n) is 12.1. The van der Waals surface area contributed by atoms with Crippen LogP contribution in [0, 0.1) is 11.7 Å². The lowest BCUT2D eigenvalue weighted by Crippen LogP contribution is -2.37. The molecule has 0 radical (unpaired) electrons. The first-order chi connectivity index (χ1) is 10.8. The van der Waals surface area contributed by atoms with Crippen LogP contribution in [0.15, 0.2) is 54.1 Å². The van der Waals surface area contributed by atoms with E-state index in [0.29, 0.717) is 5.92 Å². The maximum absolute atomic E-state index is 13.3. The van der Waals surface area contributed by atoms with E-state index in [1.165, 1.54) is 12.1 Å². The molecule has 1 unspecified atom stereocenters. The number of para-hydroxylation sites is 1. The zero-order valence-corrected chi connectivity index (χ0v) is 12.1. The molecule has 1 fully saturated rings. The van der Waals surface area contributed by atoms with Gasteiger partial charge < -0.3 is 4.90 Å². The van der Waals surface area contributed by atoms with Gasteiger partial charge in [0.15, 0.2) is 0 Å². The number of carbonyl (C=O) groups excluding carboxylic acids is 1. The summed E-state index contributed by atoms with van der Waals surface area (Å²) in [4.78, 5) is 13.8. The maximum atomic E-state index is 13.3. The molecule has 1 saturated carbocycles. The van der Waals surface area contributed by atoms with Crippen LogP contribution in [-0.2, 0) is 4.79 Å². The van der Waals surface area contributed by atoms with Gasteiger partial charge in [0.05, 0.1) is 6.04 Å². The molecule has 4 rings (SSSR count). The van der Waals surface area contributed by atoms with Crippen molar-refractivity contribution in [3.63, 3.8) is 0 Å². The molecule has 2 aliphatic rings. The fourth-order valence-corrected chi connectivity index (χ4v) is 3.29. The average Bonchev–Trinajstić information content (AvgIpc) is 3.38. The molecule has 2 nitrogen and oxygen atoms in total. The Hall–Kier alpha value is -2.42. The lowest BCUT2D eigenvalue weighted by Gasteiger charge is -2.38. The van der Waals surface area contributed by atoms with Gasteiger partial charge in [-0.1, -0.05) is 18.2 Å². The van der Waals surface area contributed by atoms with Crippen molar-refractivity contribution >= 4 is 23.7 Å². The maximum Gasteiger partial charge on any atom is 0.148 e. The summed E-state index contributed by atoms with van der Waals surface area (Å²) in [7, 11) is 0. The van der Waals surface area contributed by atoms with Crippen LogP contribution < -0.4 is 4.90 Å². The standard InChI is InChI=1S/C19H16FNO/c20-16-7-9-17(10-8-16)21-18-4-2-1-3-14(18)11-15(12-22)19(21)13-5-6-13/h1-4,7-13,19H,5-6H2. The fraction of sp³-hybridized carbons (Fsp3) is 0.211. The molecule has 2 aromatic carbocycles. The molecule has 1 aliphatic heterocycles. The van der Waals surface area contributed by atoms with Crippen molar-refractivity contribution in [3.05, 3.63) is 65.5 Å². The normalized spacial score (nSPS) is 20.3. The molecule has 1 aliphatic carbocycles. The Morgan fingerprint density at radius 3 is 2.45 bits per heavy atom. The van der Waals surface area contributed by atoms with E-state index in [1.807, 2.05) is 24.3 Å². The lowest BCUT2D eigenvalue weighted by molar-refractivity contribution is -0.105. The van der Waals surface area contributed by atoms with E-state index in [9.17, 15) is 9.18 Å². The number of aldehydes is 1. The number of anilines is 2. The number of carbonyl (C=O) groups is 1. The SMILES string of the molecule is O=CC1=Cc2ccccc2N(c2ccc(F)cc2)C1C1CC1. The van der Waals surface area contributed by atoms with E-state index in [0.717, 1.165) is 41.6 Å². The van der Waals surface area contributed by atoms with Crippen LogP contribution in [-0.4, -0.2) is 12.3 Å². The molecule has 1 heterocycles. The van der Waals surface area contributed by atoms with Gasteiger partial charge in [-0.3, -0.25) is 4.79 Å². The van der Waals surface area contributed by atoms with Crippen LogP contribution in [0.5, 0.6) is 0 Å². The third kappa shape index (κ3) is 2.13. The highest BCUT2D eigenvalue weighted by Gasteiger charge is 2.40. The highest BCUT2D eigenvalue weighted by atomic mass is 19.1. The zero-order chi connectivity index (χ0) is 15.1. The van der Waals surface area contributed by atoms with Crippen LogP contribution in [0.25, 0.3) is 6.08 Å². The van der Waals surface area contributed by atoms with Crippen LogP contribution in [0.3, 0.4) is 0 Å². The predicted octanol–water partition coefficient (Wildman–Crippen LogP) is 4.34. The summed E-state index contributed by atoms with van der Waals surface area (Å²) < 4.78 is 13.3. The summed E-state index contributed by atoms with van der Waals surface area (Å²) in [6.45, 7) is 0. The Bertz CT molecular complexity index is 746. The second kappa shape index (κ2) is 5.09. The fourth-order valence-electron chi connectivity index (χ4n) is 3.29. The van der Waals surface area contributed by atoms with Gasteiger partial charge in [-0.25, -0.2) is 4.39 Å². The van der Waals surface area contributed by atoms with Gasteiger partial charge in [0, 0.05) is 16.9 Å². The molecule has 0 aromatic heterocycles. The lowest BCUT2D eigenvalue weighted by atomic mass is 9.92. The van der Waals surface area contributed by atoms with Crippen molar-refractivity contribution in [3.8, 4) is 0 Å². The van der Waals surface area contributed by atoms with Gasteiger partial charge in [0.1, 0.15) is 12.1 Å². The number of benzene rings is 2.